The van der Waals surface area contributed by atoms with Gasteiger partial charge in [0.2, 0.25) is 0 Å². The van der Waals surface area contributed by atoms with E-state index in [0.717, 1.165) is 16.8 Å². The number of aromatic nitrogens is 1. The molecule has 26 heavy (non-hydrogen) atoms. The van der Waals surface area contributed by atoms with Gasteiger partial charge in [-0.25, -0.2) is 0 Å². The molecule has 1 aromatic heterocycles. The van der Waals surface area contributed by atoms with E-state index in [1.54, 1.807) is 42.5 Å². The number of rotatable bonds is 6. The predicted octanol–water partition coefficient (Wildman–Crippen LogP) is 3.62. The third kappa shape index (κ3) is 3.92. The van der Waals surface area contributed by atoms with Gasteiger partial charge in [0, 0.05) is 5.69 Å². The van der Waals surface area contributed by atoms with Gasteiger partial charge in [0.25, 0.3) is 5.91 Å². The van der Waals surface area contributed by atoms with Crippen LogP contribution in [0.3, 0.4) is 0 Å². The molecule has 2 N–H and O–H groups in total. The van der Waals surface area contributed by atoms with E-state index in [1.165, 1.54) is 0 Å². The number of carbonyl (C=O) groups excluding carboxylic acids is 1. The zero-order chi connectivity index (χ0) is 18.5. The first kappa shape index (κ1) is 17.7. The molecular formula is C20H20N2O4. The minimum atomic E-state index is -0.283. The smallest absolute Gasteiger partial charge is 0.259 e. The van der Waals surface area contributed by atoms with E-state index in [9.17, 15) is 9.90 Å². The molecule has 0 atom stereocenters. The van der Waals surface area contributed by atoms with Gasteiger partial charge in [0.15, 0.2) is 0 Å². The van der Waals surface area contributed by atoms with E-state index in [2.05, 4.69) is 10.5 Å². The number of carbonyl (C=O) groups is 1. The van der Waals surface area contributed by atoms with Gasteiger partial charge < -0.3 is 19.7 Å². The van der Waals surface area contributed by atoms with E-state index >= 15 is 0 Å². The normalized spacial score (nSPS) is 10.6. The summed E-state index contributed by atoms with van der Waals surface area (Å²) in [5.41, 5.74) is 3.41. The van der Waals surface area contributed by atoms with E-state index in [4.69, 9.17) is 9.26 Å². The van der Waals surface area contributed by atoms with E-state index in [0.29, 0.717) is 22.8 Å². The number of anilines is 1. The molecule has 0 aliphatic heterocycles. The molecule has 3 aromatic rings. The molecule has 6 nitrogen and oxygen atoms in total. The fourth-order valence-electron chi connectivity index (χ4n) is 2.58. The Morgan fingerprint density at radius 2 is 2.00 bits per heavy atom. The minimum absolute atomic E-state index is 0.0825. The van der Waals surface area contributed by atoms with Crippen molar-refractivity contribution in [1.29, 1.82) is 0 Å². The lowest BCUT2D eigenvalue weighted by Gasteiger charge is -2.12. The number of nitrogens with one attached hydrogen (secondary N) is 1. The van der Waals surface area contributed by atoms with Crippen molar-refractivity contribution in [3.05, 3.63) is 76.7 Å². The Morgan fingerprint density at radius 1 is 1.19 bits per heavy atom. The molecule has 6 heteroatoms. The maximum Gasteiger partial charge on any atom is 0.259 e. The zero-order valence-electron chi connectivity index (χ0n) is 14.7. The summed E-state index contributed by atoms with van der Waals surface area (Å²) in [6.45, 7) is 3.86. The molecule has 0 unspecified atom stereocenters. The molecule has 1 amide bonds. The van der Waals surface area contributed by atoms with Crippen molar-refractivity contribution in [2.75, 3.05) is 5.32 Å². The molecular weight excluding hydrogens is 332 g/mol. The maximum absolute atomic E-state index is 12.6. The molecule has 134 valence electrons. The molecule has 1 heterocycles. The third-order valence-electron chi connectivity index (χ3n) is 4.05. The lowest BCUT2D eigenvalue weighted by atomic mass is 10.1. The van der Waals surface area contributed by atoms with Crippen LogP contribution in [0.5, 0.6) is 5.75 Å². The van der Waals surface area contributed by atoms with Crippen molar-refractivity contribution >= 4 is 11.6 Å². The monoisotopic (exact) mass is 352 g/mol. The summed E-state index contributed by atoms with van der Waals surface area (Å²) in [5, 5.41) is 15.9. The van der Waals surface area contributed by atoms with Gasteiger partial charge in [0.05, 0.1) is 23.4 Å². The van der Waals surface area contributed by atoms with Gasteiger partial charge in [-0.3, -0.25) is 4.79 Å². The Kier molecular flexibility index (Phi) is 5.34. The van der Waals surface area contributed by atoms with Crippen molar-refractivity contribution < 1.29 is 19.2 Å². The molecule has 0 aliphatic rings. The number of benzene rings is 2. The number of amides is 1. The standard InChI is InChI=1S/C20H20N2O4/c1-13-18(14(2)26-22-13)12-25-19-9-4-3-8-17(19)20(24)21-16-7-5-6-15(10-16)11-23/h3-10,23H,11-12H2,1-2H3,(H,21,24). The summed E-state index contributed by atoms with van der Waals surface area (Å²) in [4.78, 5) is 12.6. The molecule has 2 aromatic carbocycles. The average Bonchev–Trinajstić information content (AvgIpc) is 2.98. The highest BCUT2D eigenvalue weighted by atomic mass is 16.5. The van der Waals surface area contributed by atoms with Crippen molar-refractivity contribution in [1.82, 2.24) is 5.16 Å². The lowest BCUT2D eigenvalue weighted by Crippen LogP contribution is -2.14. The first-order valence-corrected chi connectivity index (χ1v) is 8.23. The van der Waals surface area contributed by atoms with Gasteiger partial charge in [-0.1, -0.05) is 29.4 Å². The van der Waals surface area contributed by atoms with Crippen molar-refractivity contribution in [3.8, 4) is 5.75 Å². The van der Waals surface area contributed by atoms with Gasteiger partial charge >= 0.3 is 0 Å². The molecule has 0 radical (unpaired) electrons. The van der Waals surface area contributed by atoms with Crippen LogP contribution in [-0.2, 0) is 13.2 Å². The zero-order valence-corrected chi connectivity index (χ0v) is 14.7. The number of aliphatic hydroxyl groups is 1. The van der Waals surface area contributed by atoms with E-state index < -0.39 is 0 Å². The van der Waals surface area contributed by atoms with Crippen LogP contribution in [0.15, 0.2) is 53.1 Å². The SMILES string of the molecule is Cc1noc(C)c1COc1ccccc1C(=O)Nc1cccc(CO)c1. The highest BCUT2D eigenvalue weighted by Gasteiger charge is 2.15. The predicted molar refractivity (Wildman–Crippen MR) is 97.1 cm³/mol. The van der Waals surface area contributed by atoms with Gasteiger partial charge in [-0.15, -0.1) is 0 Å². The topological polar surface area (TPSA) is 84.6 Å². The molecule has 0 saturated heterocycles. The van der Waals surface area contributed by atoms with Crippen LogP contribution in [0.25, 0.3) is 0 Å². The van der Waals surface area contributed by atoms with Gasteiger partial charge in [-0.05, 0) is 43.7 Å². The van der Waals surface area contributed by atoms with Gasteiger partial charge in [0.1, 0.15) is 18.1 Å². The van der Waals surface area contributed by atoms with Gasteiger partial charge in [-0.2, -0.15) is 0 Å². The Bertz CT molecular complexity index is 898. The second-order valence-electron chi connectivity index (χ2n) is 5.90. The number of aliphatic hydroxyl groups excluding tert-OH is 1. The van der Waals surface area contributed by atoms with Crippen molar-refractivity contribution in [2.24, 2.45) is 0 Å². The molecule has 0 bridgehead atoms. The molecule has 0 aliphatic carbocycles. The fraction of sp³-hybridized carbons (Fsp3) is 0.200. The van der Waals surface area contributed by atoms with Crippen LogP contribution < -0.4 is 10.1 Å². The van der Waals surface area contributed by atoms with Crippen LogP contribution in [0, 0.1) is 13.8 Å². The fourth-order valence-corrected chi connectivity index (χ4v) is 2.58. The maximum atomic E-state index is 12.6. The van der Waals surface area contributed by atoms with E-state index in [-0.39, 0.29) is 19.1 Å². The number of hydrogen-bond donors (Lipinski definition) is 2. The van der Waals surface area contributed by atoms with Crippen LogP contribution in [0.4, 0.5) is 5.69 Å². The molecule has 3 rings (SSSR count). The second kappa shape index (κ2) is 7.84. The summed E-state index contributed by atoms with van der Waals surface area (Å²) in [6.07, 6.45) is 0. The Morgan fingerprint density at radius 3 is 2.73 bits per heavy atom. The summed E-state index contributed by atoms with van der Waals surface area (Å²) >= 11 is 0. The Hall–Kier alpha value is -3.12. The highest BCUT2D eigenvalue weighted by Crippen LogP contribution is 2.23. The molecule has 0 spiro atoms. The quantitative estimate of drug-likeness (QED) is 0.708. The van der Waals surface area contributed by atoms with Crippen LogP contribution >= 0.6 is 0 Å². The van der Waals surface area contributed by atoms with Crippen molar-refractivity contribution in [2.45, 2.75) is 27.1 Å². The lowest BCUT2D eigenvalue weighted by molar-refractivity contribution is 0.102. The number of hydrogen-bond acceptors (Lipinski definition) is 5. The first-order valence-electron chi connectivity index (χ1n) is 8.23. The number of aryl methyl sites for hydroxylation is 2. The summed E-state index contributed by atoms with van der Waals surface area (Å²) in [6, 6.07) is 14.1. The Labute approximate surface area is 151 Å². The van der Waals surface area contributed by atoms with Crippen molar-refractivity contribution in [3.63, 3.8) is 0 Å². The second-order valence-corrected chi connectivity index (χ2v) is 5.90. The number of nitrogens with zero attached hydrogens (tertiary/aromatic N) is 1. The molecule has 0 fully saturated rings. The van der Waals surface area contributed by atoms with Crippen LogP contribution in [-0.4, -0.2) is 16.2 Å². The Balaban J connectivity index is 1.76. The number of para-hydroxylation sites is 1. The summed E-state index contributed by atoms with van der Waals surface area (Å²) in [5.74, 6) is 0.892. The summed E-state index contributed by atoms with van der Waals surface area (Å²) in [7, 11) is 0. The first-order chi connectivity index (χ1) is 12.6. The van der Waals surface area contributed by atoms with Crippen LogP contribution in [0.2, 0.25) is 0 Å². The molecule has 0 saturated carbocycles. The van der Waals surface area contributed by atoms with Crippen LogP contribution in [0.1, 0.15) is 32.9 Å². The average molecular weight is 352 g/mol. The van der Waals surface area contributed by atoms with E-state index in [1.807, 2.05) is 19.9 Å². The minimum Gasteiger partial charge on any atom is -0.488 e. The number of ether oxygens (including phenoxy) is 1. The largest absolute Gasteiger partial charge is 0.488 e. The third-order valence-corrected chi connectivity index (χ3v) is 4.05. The highest BCUT2D eigenvalue weighted by molar-refractivity contribution is 6.06. The summed E-state index contributed by atoms with van der Waals surface area (Å²) < 4.78 is 11.0.